The van der Waals surface area contributed by atoms with Crippen molar-refractivity contribution >= 4 is 11.9 Å². The Balaban J connectivity index is 1.21. The first-order valence-electron chi connectivity index (χ1n) is 13.0. The van der Waals surface area contributed by atoms with Crippen LogP contribution in [0.2, 0.25) is 0 Å². The topological polar surface area (TPSA) is 77.6 Å². The third-order valence-electron chi connectivity index (χ3n) is 8.47. The molecule has 0 atom stereocenters. The fourth-order valence-electron chi connectivity index (χ4n) is 7.41. The number of amides is 1. The second kappa shape index (κ2) is 8.43. The lowest BCUT2D eigenvalue weighted by molar-refractivity contribution is -0.00765. The quantitative estimate of drug-likeness (QED) is 0.412. The van der Waals surface area contributed by atoms with Gasteiger partial charge in [-0.15, -0.1) is 5.10 Å². The second-order valence-corrected chi connectivity index (χ2v) is 11.1. The Kier molecular flexibility index (Phi) is 5.04. The van der Waals surface area contributed by atoms with Gasteiger partial charge in [0.25, 0.3) is 5.91 Å². The molecular weight excluding hydrogens is 448 g/mol. The highest BCUT2D eigenvalue weighted by Gasteiger charge is 2.54. The summed E-state index contributed by atoms with van der Waals surface area (Å²) in [4.78, 5) is 18.0. The van der Waals surface area contributed by atoms with Crippen LogP contribution in [0.3, 0.4) is 0 Å². The minimum Gasteiger partial charge on any atom is -0.289 e. The number of nitrogens with one attached hydrogen (secondary N) is 1. The van der Waals surface area contributed by atoms with Crippen LogP contribution in [0.25, 0.3) is 5.69 Å². The van der Waals surface area contributed by atoms with Gasteiger partial charge in [0.15, 0.2) is 0 Å². The normalized spacial score (nSPS) is 26.3. The lowest BCUT2D eigenvalue weighted by atomic mass is 9.48. The standard InChI is InChI=1S/C29H30N6O/c36-27(31-28-30-19-34(33-28)17-20-7-3-1-4-8-20)25-18-35(24-9-5-2-6-10-24)32-26(25)29-14-21-11-22(15-29)13-23(12-21)16-29/h1-10,18-19,21-23H,11-17H2,(H,31,33,36). The van der Waals surface area contributed by atoms with Crippen molar-refractivity contribution in [3.05, 3.63) is 90.0 Å². The van der Waals surface area contributed by atoms with Gasteiger partial charge < -0.3 is 0 Å². The monoisotopic (exact) mass is 478 g/mol. The Bertz CT molecular complexity index is 1350. The van der Waals surface area contributed by atoms with E-state index in [4.69, 9.17) is 5.10 Å². The largest absolute Gasteiger partial charge is 0.289 e. The Morgan fingerprint density at radius 1 is 0.889 bits per heavy atom. The number of nitrogens with zero attached hydrogens (tertiary/aromatic N) is 5. The van der Waals surface area contributed by atoms with Crippen molar-refractivity contribution < 1.29 is 4.79 Å². The van der Waals surface area contributed by atoms with Crippen molar-refractivity contribution in [2.75, 3.05) is 5.32 Å². The minimum absolute atomic E-state index is 0.00154. The molecule has 0 unspecified atom stereocenters. The van der Waals surface area contributed by atoms with Gasteiger partial charge in [0.05, 0.1) is 23.5 Å². The molecule has 7 nitrogen and oxygen atoms in total. The van der Waals surface area contributed by atoms with Crippen molar-refractivity contribution in [3.8, 4) is 5.69 Å². The first kappa shape index (κ1) is 21.5. The molecule has 0 spiro atoms. The van der Waals surface area contributed by atoms with E-state index >= 15 is 0 Å². The molecule has 182 valence electrons. The summed E-state index contributed by atoms with van der Waals surface area (Å²) < 4.78 is 3.63. The zero-order valence-electron chi connectivity index (χ0n) is 20.3. The zero-order chi connectivity index (χ0) is 24.1. The van der Waals surface area contributed by atoms with Crippen LogP contribution >= 0.6 is 0 Å². The van der Waals surface area contributed by atoms with Crippen molar-refractivity contribution in [2.24, 2.45) is 17.8 Å². The number of aromatic nitrogens is 5. The van der Waals surface area contributed by atoms with Gasteiger partial charge in [0.2, 0.25) is 5.95 Å². The predicted octanol–water partition coefficient (Wildman–Crippen LogP) is 5.23. The number of carbonyl (C=O) groups excluding carboxylic acids is 1. The van der Waals surface area contributed by atoms with E-state index in [2.05, 4.69) is 27.5 Å². The SMILES string of the molecule is O=C(Nc1ncn(Cc2ccccc2)n1)c1cn(-c2ccccc2)nc1C12CC3CC(CC(C3)C1)C2. The molecule has 1 amide bonds. The van der Waals surface area contributed by atoms with E-state index in [1.807, 2.05) is 59.4 Å². The van der Waals surface area contributed by atoms with Gasteiger partial charge in [-0.3, -0.25) is 10.1 Å². The fourth-order valence-corrected chi connectivity index (χ4v) is 7.41. The van der Waals surface area contributed by atoms with Gasteiger partial charge in [-0.2, -0.15) is 5.10 Å². The molecule has 1 N–H and O–H groups in total. The molecule has 4 bridgehead atoms. The smallest absolute Gasteiger partial charge is 0.261 e. The molecule has 8 rings (SSSR count). The first-order chi connectivity index (χ1) is 17.6. The maximum atomic E-state index is 13.7. The maximum Gasteiger partial charge on any atom is 0.261 e. The van der Waals surface area contributed by atoms with Crippen LogP contribution in [0.15, 0.2) is 73.2 Å². The van der Waals surface area contributed by atoms with Crippen LogP contribution in [-0.4, -0.2) is 30.5 Å². The maximum absolute atomic E-state index is 13.7. The second-order valence-electron chi connectivity index (χ2n) is 11.1. The van der Waals surface area contributed by atoms with Gasteiger partial charge in [-0.1, -0.05) is 48.5 Å². The Labute approximate surface area is 210 Å². The average Bonchev–Trinajstić information content (AvgIpc) is 3.52. The van der Waals surface area contributed by atoms with Crippen LogP contribution in [0.5, 0.6) is 0 Å². The summed E-state index contributed by atoms with van der Waals surface area (Å²) in [5.74, 6) is 2.44. The molecule has 36 heavy (non-hydrogen) atoms. The molecule has 4 saturated carbocycles. The molecule has 4 aliphatic rings. The first-order valence-corrected chi connectivity index (χ1v) is 13.0. The number of benzene rings is 2. The molecule has 4 fully saturated rings. The Morgan fingerprint density at radius 2 is 1.53 bits per heavy atom. The molecule has 2 aromatic carbocycles. The van der Waals surface area contributed by atoms with E-state index in [1.165, 1.54) is 19.3 Å². The minimum atomic E-state index is -0.180. The lowest BCUT2D eigenvalue weighted by Gasteiger charge is -2.56. The van der Waals surface area contributed by atoms with Gasteiger partial charge >= 0.3 is 0 Å². The number of hydrogen-bond acceptors (Lipinski definition) is 4. The molecule has 2 aromatic heterocycles. The molecule has 0 aliphatic heterocycles. The summed E-state index contributed by atoms with van der Waals surface area (Å²) in [6.07, 6.45) is 11.1. The molecule has 7 heteroatoms. The number of hydrogen-bond donors (Lipinski definition) is 1. The summed E-state index contributed by atoms with van der Waals surface area (Å²) in [6.45, 7) is 0.605. The van der Waals surface area contributed by atoms with Gasteiger partial charge in [-0.25, -0.2) is 14.3 Å². The molecule has 4 aliphatic carbocycles. The van der Waals surface area contributed by atoms with E-state index in [1.54, 1.807) is 11.0 Å². The third-order valence-corrected chi connectivity index (χ3v) is 8.47. The van der Waals surface area contributed by atoms with Crippen LogP contribution in [-0.2, 0) is 12.0 Å². The highest BCUT2D eigenvalue weighted by molar-refractivity contribution is 6.04. The lowest BCUT2D eigenvalue weighted by Crippen LogP contribution is -2.49. The number of anilines is 1. The molecule has 4 aromatic rings. The van der Waals surface area contributed by atoms with Crippen molar-refractivity contribution in [1.82, 2.24) is 24.5 Å². The summed E-state index contributed by atoms with van der Waals surface area (Å²) in [5.41, 5.74) is 3.72. The molecular formula is C29H30N6O. The van der Waals surface area contributed by atoms with E-state index in [-0.39, 0.29) is 11.3 Å². The summed E-state index contributed by atoms with van der Waals surface area (Å²) >= 11 is 0. The predicted molar refractivity (Wildman–Crippen MR) is 137 cm³/mol. The third kappa shape index (κ3) is 3.83. The zero-order valence-corrected chi connectivity index (χ0v) is 20.3. The van der Waals surface area contributed by atoms with Crippen molar-refractivity contribution in [3.63, 3.8) is 0 Å². The van der Waals surface area contributed by atoms with Crippen LogP contribution in [0.4, 0.5) is 5.95 Å². The fraction of sp³-hybridized carbons (Fsp3) is 0.379. The van der Waals surface area contributed by atoms with Gasteiger partial charge in [-0.05, 0) is 74.0 Å². The van der Waals surface area contributed by atoms with Crippen molar-refractivity contribution in [2.45, 2.75) is 50.5 Å². The van der Waals surface area contributed by atoms with E-state index in [0.717, 1.165) is 54.0 Å². The van der Waals surface area contributed by atoms with Crippen LogP contribution < -0.4 is 5.32 Å². The number of para-hydroxylation sites is 1. The molecule has 0 radical (unpaired) electrons. The van der Waals surface area contributed by atoms with Gasteiger partial charge in [0.1, 0.15) is 6.33 Å². The van der Waals surface area contributed by atoms with Crippen LogP contribution in [0, 0.1) is 17.8 Å². The van der Waals surface area contributed by atoms with Gasteiger partial charge in [0, 0.05) is 11.6 Å². The van der Waals surface area contributed by atoms with E-state index in [9.17, 15) is 4.79 Å². The van der Waals surface area contributed by atoms with Crippen LogP contribution in [0.1, 0.15) is 60.1 Å². The molecule has 0 saturated heterocycles. The number of rotatable bonds is 6. The summed E-state index contributed by atoms with van der Waals surface area (Å²) in [5, 5.41) is 12.6. The highest BCUT2D eigenvalue weighted by atomic mass is 16.1. The van der Waals surface area contributed by atoms with E-state index < -0.39 is 0 Å². The van der Waals surface area contributed by atoms with E-state index in [0.29, 0.717) is 18.1 Å². The Morgan fingerprint density at radius 3 is 2.19 bits per heavy atom. The molecule has 2 heterocycles. The summed E-state index contributed by atoms with van der Waals surface area (Å²) in [6, 6.07) is 20.2. The Hall–Kier alpha value is -3.74. The number of carbonyl (C=O) groups is 1. The highest BCUT2D eigenvalue weighted by Crippen LogP contribution is 2.60. The summed E-state index contributed by atoms with van der Waals surface area (Å²) in [7, 11) is 0. The average molecular weight is 479 g/mol. The van der Waals surface area contributed by atoms with Crippen molar-refractivity contribution in [1.29, 1.82) is 0 Å².